The number of ketones is 1. The minimum absolute atomic E-state index is 0.0900. The number of aromatic nitrogens is 1. The third kappa shape index (κ3) is 3.94. The first-order valence-corrected chi connectivity index (χ1v) is 8.50. The molecule has 0 saturated heterocycles. The van der Waals surface area contributed by atoms with Crippen molar-refractivity contribution >= 4 is 22.8 Å². The lowest BCUT2D eigenvalue weighted by Crippen LogP contribution is -2.34. The molecule has 134 valence electrons. The number of para-hydroxylation sites is 1. The minimum atomic E-state index is -0.578. The smallest absolute Gasteiger partial charge is 0.409 e. The molecule has 1 N–H and O–H groups in total. The minimum Gasteiger partial charge on any atom is -0.444 e. The van der Waals surface area contributed by atoms with Crippen LogP contribution >= 0.6 is 0 Å². The summed E-state index contributed by atoms with van der Waals surface area (Å²) in [7, 11) is 0. The summed E-state index contributed by atoms with van der Waals surface area (Å²) in [6, 6.07) is 18.6. The van der Waals surface area contributed by atoms with Gasteiger partial charge in [-0.2, -0.15) is 0 Å². The zero-order chi connectivity index (χ0) is 18.7. The third-order valence-electron chi connectivity index (χ3n) is 3.86. The van der Waals surface area contributed by atoms with Gasteiger partial charge in [0.1, 0.15) is 5.60 Å². The maximum atomic E-state index is 12.9. The number of amides is 1. The van der Waals surface area contributed by atoms with Crippen molar-refractivity contribution in [2.75, 3.05) is 0 Å². The Balaban J connectivity index is 1.93. The van der Waals surface area contributed by atoms with Crippen LogP contribution in [0.4, 0.5) is 4.79 Å². The molecule has 0 atom stereocenters. The van der Waals surface area contributed by atoms with Gasteiger partial charge in [0.2, 0.25) is 5.78 Å². The fourth-order valence-electron chi connectivity index (χ4n) is 2.76. The number of hydrogen-bond acceptors (Lipinski definition) is 3. The number of rotatable bonds is 4. The third-order valence-corrected chi connectivity index (χ3v) is 3.86. The molecule has 0 radical (unpaired) electrons. The van der Waals surface area contributed by atoms with Crippen LogP contribution in [0.2, 0.25) is 0 Å². The van der Waals surface area contributed by atoms with Crippen LogP contribution in [0, 0.1) is 0 Å². The van der Waals surface area contributed by atoms with Gasteiger partial charge < -0.3 is 14.6 Å². The molecule has 0 aliphatic carbocycles. The number of carbonyl (C=O) groups excluding carboxylic acids is 2. The van der Waals surface area contributed by atoms with Gasteiger partial charge in [0.05, 0.1) is 17.9 Å². The molecule has 5 heteroatoms. The van der Waals surface area contributed by atoms with Crippen LogP contribution in [0.3, 0.4) is 0 Å². The quantitative estimate of drug-likeness (QED) is 0.712. The number of carbonyl (C=O) groups is 2. The average molecular weight is 350 g/mol. The predicted octanol–water partition coefficient (Wildman–Crippen LogP) is 4.35. The maximum Gasteiger partial charge on any atom is 0.409 e. The average Bonchev–Trinajstić information content (AvgIpc) is 2.97. The van der Waals surface area contributed by atoms with Crippen molar-refractivity contribution in [3.8, 4) is 0 Å². The predicted molar refractivity (Wildman–Crippen MR) is 101 cm³/mol. The van der Waals surface area contributed by atoms with Crippen LogP contribution in [-0.2, 0) is 11.4 Å². The molecular weight excluding hydrogens is 328 g/mol. The van der Waals surface area contributed by atoms with Gasteiger partial charge in [-0.05, 0) is 32.9 Å². The molecule has 0 fully saturated rings. The molecule has 1 amide bonds. The van der Waals surface area contributed by atoms with Crippen LogP contribution in [0.1, 0.15) is 36.8 Å². The lowest BCUT2D eigenvalue weighted by Gasteiger charge is -2.20. The Morgan fingerprint density at radius 2 is 1.65 bits per heavy atom. The number of alkyl carbamates (subject to hydrolysis) is 1. The summed E-state index contributed by atoms with van der Waals surface area (Å²) in [5.41, 5.74) is 1.43. The Labute approximate surface area is 152 Å². The van der Waals surface area contributed by atoms with E-state index in [1.54, 1.807) is 16.7 Å². The fourth-order valence-corrected chi connectivity index (χ4v) is 2.76. The molecule has 3 rings (SSSR count). The molecule has 0 saturated carbocycles. The topological polar surface area (TPSA) is 60.3 Å². The molecule has 0 unspecified atom stereocenters. The van der Waals surface area contributed by atoms with E-state index in [2.05, 4.69) is 5.32 Å². The molecule has 26 heavy (non-hydrogen) atoms. The van der Waals surface area contributed by atoms with Gasteiger partial charge in [0, 0.05) is 10.9 Å². The monoisotopic (exact) mass is 350 g/mol. The van der Waals surface area contributed by atoms with E-state index in [0.717, 1.165) is 10.9 Å². The van der Waals surface area contributed by atoms with E-state index in [0.29, 0.717) is 11.3 Å². The van der Waals surface area contributed by atoms with Gasteiger partial charge in [-0.3, -0.25) is 4.79 Å². The van der Waals surface area contributed by atoms with Crippen LogP contribution in [0.15, 0.2) is 60.7 Å². The van der Waals surface area contributed by atoms with Crippen molar-refractivity contribution in [3.63, 3.8) is 0 Å². The molecule has 0 spiro atoms. The van der Waals surface area contributed by atoms with Gasteiger partial charge >= 0.3 is 6.09 Å². The van der Waals surface area contributed by atoms with E-state index in [1.165, 1.54) is 0 Å². The normalized spacial score (nSPS) is 11.3. The number of benzene rings is 2. The number of hydrogen-bond donors (Lipinski definition) is 1. The maximum absolute atomic E-state index is 12.9. The number of fused-ring (bicyclic) bond motifs is 1. The second-order valence-corrected chi connectivity index (χ2v) is 7.05. The van der Waals surface area contributed by atoms with Crippen LogP contribution < -0.4 is 5.32 Å². The highest BCUT2D eigenvalue weighted by molar-refractivity contribution is 6.10. The van der Waals surface area contributed by atoms with E-state index < -0.39 is 11.7 Å². The standard InChI is InChI=1S/C21H22N2O3/c1-21(2,3)26-20(25)22-14-23-17-12-8-7-11-16(17)13-18(23)19(24)15-9-5-4-6-10-15/h4-13H,14H2,1-3H3,(H,22,25). The van der Waals surface area contributed by atoms with E-state index in [4.69, 9.17) is 4.74 Å². The lowest BCUT2D eigenvalue weighted by atomic mass is 10.1. The zero-order valence-electron chi connectivity index (χ0n) is 15.2. The van der Waals surface area contributed by atoms with E-state index in [9.17, 15) is 9.59 Å². The first-order valence-electron chi connectivity index (χ1n) is 8.50. The summed E-state index contributed by atoms with van der Waals surface area (Å²) in [4.78, 5) is 25.0. The highest BCUT2D eigenvalue weighted by atomic mass is 16.6. The van der Waals surface area contributed by atoms with Crippen molar-refractivity contribution in [2.24, 2.45) is 0 Å². The van der Waals surface area contributed by atoms with Crippen molar-refractivity contribution in [1.29, 1.82) is 0 Å². The van der Waals surface area contributed by atoms with E-state index >= 15 is 0 Å². The van der Waals surface area contributed by atoms with Crippen molar-refractivity contribution in [1.82, 2.24) is 9.88 Å². The summed E-state index contributed by atoms with van der Waals surface area (Å²) in [5.74, 6) is -0.0900. The molecule has 0 aliphatic heterocycles. The SMILES string of the molecule is CC(C)(C)OC(=O)NCn1c(C(=O)c2ccccc2)cc2ccccc21. The molecule has 1 aromatic heterocycles. The number of nitrogens with zero attached hydrogens (tertiary/aromatic N) is 1. The molecule has 5 nitrogen and oxygen atoms in total. The first kappa shape index (κ1) is 17.7. The van der Waals surface area contributed by atoms with Gasteiger partial charge in [-0.15, -0.1) is 0 Å². The highest BCUT2D eigenvalue weighted by Gasteiger charge is 2.19. The van der Waals surface area contributed by atoms with Crippen molar-refractivity contribution in [3.05, 3.63) is 71.9 Å². The zero-order valence-corrected chi connectivity index (χ0v) is 15.2. The summed E-state index contributed by atoms with van der Waals surface area (Å²) in [6.45, 7) is 5.57. The summed E-state index contributed by atoms with van der Waals surface area (Å²) in [5, 5.41) is 3.67. The lowest BCUT2D eigenvalue weighted by molar-refractivity contribution is 0.0511. The Morgan fingerprint density at radius 3 is 2.35 bits per heavy atom. The van der Waals surface area contributed by atoms with Gasteiger partial charge in [0.15, 0.2) is 0 Å². The first-order chi connectivity index (χ1) is 12.3. The largest absolute Gasteiger partial charge is 0.444 e. The summed E-state index contributed by atoms with van der Waals surface area (Å²) < 4.78 is 7.08. The second-order valence-electron chi connectivity index (χ2n) is 7.05. The number of nitrogens with one attached hydrogen (secondary N) is 1. The van der Waals surface area contributed by atoms with E-state index in [-0.39, 0.29) is 12.5 Å². The Kier molecular flexibility index (Phi) is 4.80. The van der Waals surface area contributed by atoms with Crippen LogP contribution in [0.5, 0.6) is 0 Å². The van der Waals surface area contributed by atoms with Gasteiger partial charge in [0.25, 0.3) is 0 Å². The van der Waals surface area contributed by atoms with Crippen molar-refractivity contribution < 1.29 is 14.3 Å². The Morgan fingerprint density at radius 1 is 1.00 bits per heavy atom. The summed E-state index contributed by atoms with van der Waals surface area (Å²) in [6.07, 6.45) is -0.520. The Bertz CT molecular complexity index is 937. The van der Waals surface area contributed by atoms with E-state index in [1.807, 2.05) is 69.3 Å². The van der Waals surface area contributed by atoms with Gasteiger partial charge in [-0.25, -0.2) is 4.79 Å². The molecule has 1 heterocycles. The Hall–Kier alpha value is -3.08. The summed E-state index contributed by atoms with van der Waals surface area (Å²) >= 11 is 0. The molecule has 0 aliphatic rings. The van der Waals surface area contributed by atoms with Crippen LogP contribution in [0.25, 0.3) is 10.9 Å². The molecule has 2 aromatic carbocycles. The van der Waals surface area contributed by atoms with Crippen LogP contribution in [-0.4, -0.2) is 22.0 Å². The molecule has 0 bridgehead atoms. The second kappa shape index (κ2) is 7.04. The fraction of sp³-hybridized carbons (Fsp3) is 0.238. The van der Waals surface area contributed by atoms with Crippen molar-refractivity contribution in [2.45, 2.75) is 33.0 Å². The molecule has 3 aromatic rings. The van der Waals surface area contributed by atoms with Gasteiger partial charge in [-0.1, -0.05) is 48.5 Å². The highest BCUT2D eigenvalue weighted by Crippen LogP contribution is 2.22. The molecular formula is C21H22N2O3. The number of ether oxygens (including phenoxy) is 1.